The summed E-state index contributed by atoms with van der Waals surface area (Å²) < 4.78 is 9.08. The molecule has 23 heavy (non-hydrogen) atoms. The summed E-state index contributed by atoms with van der Waals surface area (Å²) in [5, 5.41) is 1.16. The largest absolute Gasteiger partial charge is 0.398 e. The van der Waals surface area contributed by atoms with Gasteiger partial charge in [-0.05, 0) is 24.6 Å². The van der Waals surface area contributed by atoms with Crippen molar-refractivity contribution in [2.45, 2.75) is 19.2 Å². The zero-order chi connectivity index (χ0) is 16.4. The molecule has 2 heterocycles. The lowest BCUT2D eigenvalue weighted by atomic mass is 10.2. The van der Waals surface area contributed by atoms with E-state index < -0.39 is 0 Å². The fraction of sp³-hybridized carbons (Fsp3) is 0.556. The molecule has 0 saturated carbocycles. The van der Waals surface area contributed by atoms with Gasteiger partial charge in [0.1, 0.15) is 0 Å². The molecule has 126 valence electrons. The van der Waals surface area contributed by atoms with Gasteiger partial charge < -0.3 is 19.5 Å². The van der Waals surface area contributed by atoms with Crippen molar-refractivity contribution in [3.63, 3.8) is 0 Å². The molecule has 1 aliphatic rings. The number of anilines is 1. The Kier molecular flexibility index (Phi) is 4.62. The van der Waals surface area contributed by atoms with Crippen LogP contribution in [0.25, 0.3) is 10.9 Å². The van der Waals surface area contributed by atoms with E-state index in [4.69, 9.17) is 10.5 Å². The van der Waals surface area contributed by atoms with Gasteiger partial charge >= 0.3 is 0 Å². The summed E-state index contributed by atoms with van der Waals surface area (Å²) in [6.45, 7) is 5.03. The monoisotopic (exact) mass is 317 g/mol. The predicted octanol–water partition coefficient (Wildman–Crippen LogP) is 1.98. The molecule has 1 aromatic carbocycles. The number of aryl methyl sites for hydroxylation is 1. The van der Waals surface area contributed by atoms with Gasteiger partial charge in [0.25, 0.3) is 0 Å². The summed E-state index contributed by atoms with van der Waals surface area (Å²) in [4.78, 5) is 2.53. The lowest BCUT2D eigenvalue weighted by Crippen LogP contribution is -2.56. The first kappa shape index (κ1) is 16.3. The maximum atomic E-state index is 6.03. The van der Waals surface area contributed by atoms with E-state index >= 15 is 0 Å². The Morgan fingerprint density at radius 2 is 2.04 bits per heavy atom. The normalized spacial score (nSPS) is 20.2. The SMILES string of the molecule is C[N+](C)(C)C1CN(CCCn2ccc3c(N)cccc32)CCO1. The Bertz CT molecular complexity index is 659. The molecule has 5 heteroatoms. The van der Waals surface area contributed by atoms with Crippen molar-refractivity contribution in [3.05, 3.63) is 30.5 Å². The number of hydrogen-bond acceptors (Lipinski definition) is 3. The fourth-order valence-corrected chi connectivity index (χ4v) is 3.26. The van der Waals surface area contributed by atoms with Crippen LogP contribution in [0.5, 0.6) is 0 Å². The minimum Gasteiger partial charge on any atom is -0.398 e. The topological polar surface area (TPSA) is 43.4 Å². The minimum atomic E-state index is 0.274. The third-order valence-corrected chi connectivity index (χ3v) is 4.72. The number of likely N-dealkylation sites (N-methyl/N-ethyl adjacent to an activating group) is 1. The molecule has 3 rings (SSSR count). The molecule has 0 aliphatic carbocycles. The van der Waals surface area contributed by atoms with E-state index in [0.717, 1.165) is 54.8 Å². The number of nitrogens with two attached hydrogens (primary N) is 1. The molecule has 1 fully saturated rings. The van der Waals surface area contributed by atoms with Crippen molar-refractivity contribution in [1.29, 1.82) is 0 Å². The smallest absolute Gasteiger partial charge is 0.205 e. The van der Waals surface area contributed by atoms with Gasteiger partial charge in [-0.3, -0.25) is 4.90 Å². The molecular weight excluding hydrogens is 288 g/mol. The number of nitrogen functional groups attached to an aromatic ring is 1. The number of hydrogen-bond donors (Lipinski definition) is 1. The lowest BCUT2D eigenvalue weighted by Gasteiger charge is -2.40. The van der Waals surface area contributed by atoms with Crippen LogP contribution in [0.2, 0.25) is 0 Å². The summed E-state index contributed by atoms with van der Waals surface area (Å²) in [7, 11) is 6.60. The summed E-state index contributed by atoms with van der Waals surface area (Å²) in [5.74, 6) is 0. The molecule has 1 aliphatic heterocycles. The van der Waals surface area contributed by atoms with Crippen molar-refractivity contribution in [2.24, 2.45) is 0 Å². The Labute approximate surface area is 138 Å². The molecule has 2 N–H and O–H groups in total. The highest BCUT2D eigenvalue weighted by atomic mass is 16.5. The van der Waals surface area contributed by atoms with Crippen LogP contribution in [-0.2, 0) is 11.3 Å². The maximum absolute atomic E-state index is 6.03. The highest BCUT2D eigenvalue weighted by Crippen LogP contribution is 2.22. The number of quaternary nitrogens is 1. The third kappa shape index (κ3) is 3.68. The van der Waals surface area contributed by atoms with E-state index in [1.54, 1.807) is 0 Å². The maximum Gasteiger partial charge on any atom is 0.205 e. The number of fused-ring (bicyclic) bond motifs is 1. The average molecular weight is 317 g/mol. The lowest BCUT2D eigenvalue weighted by molar-refractivity contribution is -0.920. The summed E-state index contributed by atoms with van der Waals surface area (Å²) in [6, 6.07) is 8.26. The fourth-order valence-electron chi connectivity index (χ4n) is 3.26. The molecule has 0 bridgehead atoms. The van der Waals surface area contributed by atoms with Crippen molar-refractivity contribution in [2.75, 3.05) is 53.1 Å². The first-order chi connectivity index (χ1) is 10.9. The van der Waals surface area contributed by atoms with Gasteiger partial charge in [-0.15, -0.1) is 0 Å². The van der Waals surface area contributed by atoms with Crippen LogP contribution in [0.4, 0.5) is 5.69 Å². The van der Waals surface area contributed by atoms with Crippen LogP contribution in [0.1, 0.15) is 6.42 Å². The first-order valence-electron chi connectivity index (χ1n) is 8.43. The number of benzene rings is 1. The van der Waals surface area contributed by atoms with Crippen molar-refractivity contribution >= 4 is 16.6 Å². The first-order valence-corrected chi connectivity index (χ1v) is 8.43. The van der Waals surface area contributed by atoms with Gasteiger partial charge in [0.2, 0.25) is 6.23 Å². The molecule has 1 unspecified atom stereocenters. The molecule has 2 aromatic rings. The van der Waals surface area contributed by atoms with Crippen molar-refractivity contribution in [3.8, 4) is 0 Å². The van der Waals surface area contributed by atoms with Gasteiger partial charge in [-0.1, -0.05) is 6.07 Å². The van der Waals surface area contributed by atoms with Crippen LogP contribution in [0.3, 0.4) is 0 Å². The highest BCUT2D eigenvalue weighted by molar-refractivity contribution is 5.91. The number of aromatic nitrogens is 1. The zero-order valence-corrected chi connectivity index (χ0v) is 14.5. The van der Waals surface area contributed by atoms with E-state index in [9.17, 15) is 0 Å². The van der Waals surface area contributed by atoms with Gasteiger partial charge in [0, 0.05) is 36.9 Å². The van der Waals surface area contributed by atoms with Gasteiger partial charge in [-0.25, -0.2) is 0 Å². The summed E-state index contributed by atoms with van der Waals surface area (Å²) in [5.41, 5.74) is 8.13. The molecule has 5 nitrogen and oxygen atoms in total. The van der Waals surface area contributed by atoms with Gasteiger partial charge in [-0.2, -0.15) is 0 Å². The second kappa shape index (κ2) is 6.51. The minimum absolute atomic E-state index is 0.274. The van der Waals surface area contributed by atoms with E-state index in [1.165, 1.54) is 5.52 Å². The Morgan fingerprint density at radius 1 is 1.22 bits per heavy atom. The highest BCUT2D eigenvalue weighted by Gasteiger charge is 2.30. The molecule has 0 spiro atoms. The van der Waals surface area contributed by atoms with Crippen LogP contribution >= 0.6 is 0 Å². The zero-order valence-electron chi connectivity index (χ0n) is 14.5. The van der Waals surface area contributed by atoms with Crippen LogP contribution < -0.4 is 5.73 Å². The molecular formula is C18H29N4O+. The molecule has 0 amide bonds. The number of nitrogens with zero attached hydrogens (tertiary/aromatic N) is 3. The number of morpholine rings is 1. The van der Waals surface area contributed by atoms with E-state index in [2.05, 4.69) is 48.9 Å². The molecule has 0 radical (unpaired) electrons. The summed E-state index contributed by atoms with van der Waals surface area (Å²) >= 11 is 0. The average Bonchev–Trinajstić information content (AvgIpc) is 2.92. The van der Waals surface area contributed by atoms with E-state index in [-0.39, 0.29) is 6.23 Å². The predicted molar refractivity (Wildman–Crippen MR) is 95.2 cm³/mol. The van der Waals surface area contributed by atoms with Crippen molar-refractivity contribution < 1.29 is 9.22 Å². The molecule has 1 atom stereocenters. The molecule has 1 saturated heterocycles. The van der Waals surface area contributed by atoms with Gasteiger partial charge in [0.05, 0.1) is 39.8 Å². The van der Waals surface area contributed by atoms with Gasteiger partial charge in [0.15, 0.2) is 0 Å². The quantitative estimate of drug-likeness (QED) is 0.677. The third-order valence-electron chi connectivity index (χ3n) is 4.72. The standard InChI is InChI=1S/C18H29N4O/c1-22(2,3)18-14-20(12-13-23-18)9-5-10-21-11-8-15-16(19)6-4-7-17(15)21/h4,6-8,11,18H,5,9-10,12-14,19H2,1-3H3/q+1. The van der Waals surface area contributed by atoms with Crippen LogP contribution in [0, 0.1) is 0 Å². The second-order valence-electron chi connectivity index (χ2n) is 7.39. The van der Waals surface area contributed by atoms with Crippen molar-refractivity contribution in [1.82, 2.24) is 9.47 Å². The second-order valence-corrected chi connectivity index (χ2v) is 7.39. The molecule has 1 aromatic heterocycles. The Hall–Kier alpha value is -1.56. The number of ether oxygens (including phenoxy) is 1. The number of rotatable bonds is 5. The van der Waals surface area contributed by atoms with E-state index in [0.29, 0.717) is 0 Å². The summed E-state index contributed by atoms with van der Waals surface area (Å²) in [6.07, 6.45) is 3.56. The van der Waals surface area contributed by atoms with Crippen LogP contribution in [0.15, 0.2) is 30.5 Å². The Balaban J connectivity index is 1.56. The Morgan fingerprint density at radius 3 is 2.83 bits per heavy atom. The van der Waals surface area contributed by atoms with E-state index in [1.807, 2.05) is 12.1 Å². The van der Waals surface area contributed by atoms with Crippen LogP contribution in [-0.4, -0.2) is 67.6 Å².